The maximum absolute atomic E-state index is 5.32. The van der Waals surface area contributed by atoms with Crippen molar-refractivity contribution in [3.05, 3.63) is 182 Å². The second kappa shape index (κ2) is 10.8. The summed E-state index contributed by atoms with van der Waals surface area (Å²) in [6, 6.07) is 65.3. The molecular weight excluding hydrogens is 621 g/mol. The molecule has 0 bridgehead atoms. The van der Waals surface area contributed by atoms with E-state index in [-0.39, 0.29) is 0 Å². The van der Waals surface area contributed by atoms with Gasteiger partial charge in [-0.1, -0.05) is 103 Å². The molecule has 0 aliphatic heterocycles. The van der Waals surface area contributed by atoms with Crippen LogP contribution in [0.4, 0.5) is 0 Å². The van der Waals surface area contributed by atoms with E-state index >= 15 is 0 Å². The molecule has 0 aliphatic carbocycles. The molecule has 0 atom stereocenters. The highest BCUT2D eigenvalue weighted by Gasteiger charge is 2.19. The molecule has 0 amide bonds. The third-order valence-corrected chi connectivity index (χ3v) is 10.4. The van der Waals surface area contributed by atoms with E-state index in [4.69, 9.17) is 4.98 Å². The van der Waals surface area contributed by atoms with Gasteiger partial charge in [-0.3, -0.25) is 0 Å². The van der Waals surface area contributed by atoms with E-state index in [1.807, 2.05) is 6.07 Å². The molecule has 51 heavy (non-hydrogen) atoms. The molecule has 4 nitrogen and oxygen atoms in total. The van der Waals surface area contributed by atoms with Crippen LogP contribution < -0.4 is 0 Å². The summed E-state index contributed by atoms with van der Waals surface area (Å²) in [6.45, 7) is 0. The number of fused-ring (bicyclic) bond motifs is 9. The van der Waals surface area contributed by atoms with Crippen LogP contribution in [0.15, 0.2) is 182 Å². The van der Waals surface area contributed by atoms with Crippen molar-refractivity contribution < 1.29 is 0 Å². The van der Waals surface area contributed by atoms with Gasteiger partial charge in [0.05, 0.1) is 44.3 Å². The van der Waals surface area contributed by atoms with E-state index in [1.165, 1.54) is 43.6 Å². The first-order chi connectivity index (χ1) is 25.3. The molecule has 238 valence electrons. The number of rotatable bonds is 4. The summed E-state index contributed by atoms with van der Waals surface area (Å²) in [5, 5.41) is 6.11. The quantitative estimate of drug-likeness (QED) is 0.186. The molecular formula is C47H30N4. The van der Waals surface area contributed by atoms with E-state index in [0.29, 0.717) is 0 Å². The first-order valence-corrected chi connectivity index (χ1v) is 17.4. The topological polar surface area (TPSA) is 27.7 Å². The molecule has 4 heteroatoms. The average molecular weight is 651 g/mol. The molecule has 0 saturated heterocycles. The van der Waals surface area contributed by atoms with Crippen molar-refractivity contribution in [3.63, 3.8) is 0 Å². The number of nitrogens with zero attached hydrogens (tertiary/aromatic N) is 4. The zero-order valence-corrected chi connectivity index (χ0v) is 27.6. The Bertz CT molecular complexity index is 3070. The van der Waals surface area contributed by atoms with E-state index < -0.39 is 0 Å². The third-order valence-electron chi connectivity index (χ3n) is 10.4. The van der Waals surface area contributed by atoms with Crippen molar-refractivity contribution in [1.29, 1.82) is 0 Å². The summed E-state index contributed by atoms with van der Waals surface area (Å²) in [4.78, 5) is 5.32. The minimum atomic E-state index is 0.968. The van der Waals surface area contributed by atoms with Gasteiger partial charge in [-0.25, -0.2) is 4.98 Å². The molecule has 4 heterocycles. The van der Waals surface area contributed by atoms with Crippen molar-refractivity contribution in [3.8, 4) is 28.3 Å². The summed E-state index contributed by atoms with van der Waals surface area (Å²) in [7, 11) is 0. The van der Waals surface area contributed by atoms with Crippen molar-refractivity contribution >= 4 is 65.5 Å². The van der Waals surface area contributed by atoms with Gasteiger partial charge in [0.2, 0.25) is 0 Å². The highest BCUT2D eigenvalue weighted by Crippen LogP contribution is 2.39. The van der Waals surface area contributed by atoms with Crippen molar-refractivity contribution in [2.75, 3.05) is 0 Å². The van der Waals surface area contributed by atoms with Crippen molar-refractivity contribution in [1.82, 2.24) is 18.7 Å². The predicted octanol–water partition coefficient (Wildman–Crippen LogP) is 12.0. The molecule has 0 unspecified atom stereocenters. The number of para-hydroxylation sites is 4. The molecule has 0 aliphatic rings. The molecule has 11 rings (SSSR count). The van der Waals surface area contributed by atoms with Gasteiger partial charge in [0.1, 0.15) is 0 Å². The SMILES string of the molecule is c1ccc(-c2ccc3c(n2)c2cc(-n4c5ccccc5c5cc(-n6c7ccccc7c7ccccc76)ccc54)ccc2n3-c2ccccc2)cc1. The zero-order valence-electron chi connectivity index (χ0n) is 27.6. The van der Waals surface area contributed by atoms with Gasteiger partial charge in [-0.15, -0.1) is 0 Å². The van der Waals surface area contributed by atoms with Crippen LogP contribution in [0.2, 0.25) is 0 Å². The Morgan fingerprint density at radius 1 is 0.294 bits per heavy atom. The van der Waals surface area contributed by atoms with Crippen LogP contribution in [-0.4, -0.2) is 18.7 Å². The second-order valence-corrected chi connectivity index (χ2v) is 13.2. The summed E-state index contributed by atoms with van der Waals surface area (Å²) in [6.07, 6.45) is 0. The minimum absolute atomic E-state index is 0.968. The van der Waals surface area contributed by atoms with E-state index in [0.717, 1.165) is 50.3 Å². The van der Waals surface area contributed by atoms with Gasteiger partial charge < -0.3 is 13.7 Å². The van der Waals surface area contributed by atoms with Crippen LogP contribution >= 0.6 is 0 Å². The maximum atomic E-state index is 5.32. The van der Waals surface area contributed by atoms with Gasteiger partial charge in [0.15, 0.2) is 0 Å². The average Bonchev–Trinajstić information content (AvgIpc) is 3.83. The Morgan fingerprint density at radius 2 is 0.725 bits per heavy atom. The predicted molar refractivity (Wildman–Crippen MR) is 213 cm³/mol. The van der Waals surface area contributed by atoms with Crippen molar-refractivity contribution in [2.45, 2.75) is 0 Å². The number of pyridine rings is 1. The molecule has 0 saturated carbocycles. The minimum Gasteiger partial charge on any atom is -0.309 e. The van der Waals surface area contributed by atoms with Crippen LogP contribution in [0, 0.1) is 0 Å². The summed E-state index contributed by atoms with van der Waals surface area (Å²) in [5.74, 6) is 0. The van der Waals surface area contributed by atoms with E-state index in [1.54, 1.807) is 0 Å². The Hall–Kier alpha value is -6.91. The van der Waals surface area contributed by atoms with Gasteiger partial charge >= 0.3 is 0 Å². The highest BCUT2D eigenvalue weighted by atomic mass is 15.0. The lowest BCUT2D eigenvalue weighted by atomic mass is 10.1. The fourth-order valence-corrected chi connectivity index (χ4v) is 8.21. The van der Waals surface area contributed by atoms with E-state index in [9.17, 15) is 0 Å². The maximum Gasteiger partial charge on any atom is 0.0971 e. The first-order valence-electron chi connectivity index (χ1n) is 17.4. The molecule has 0 spiro atoms. The number of aromatic nitrogens is 4. The lowest BCUT2D eigenvalue weighted by Gasteiger charge is -2.11. The normalized spacial score (nSPS) is 11.9. The van der Waals surface area contributed by atoms with Crippen LogP contribution in [0.3, 0.4) is 0 Å². The third kappa shape index (κ3) is 4.11. The monoisotopic (exact) mass is 650 g/mol. The van der Waals surface area contributed by atoms with Crippen LogP contribution in [0.1, 0.15) is 0 Å². The van der Waals surface area contributed by atoms with Gasteiger partial charge in [-0.05, 0) is 78.9 Å². The molecule has 4 aromatic heterocycles. The Balaban J connectivity index is 1.17. The first kappa shape index (κ1) is 28.0. The smallest absolute Gasteiger partial charge is 0.0971 e. The Labute approximate surface area is 293 Å². The molecule has 0 radical (unpaired) electrons. The van der Waals surface area contributed by atoms with Gasteiger partial charge in [0.25, 0.3) is 0 Å². The molecule has 0 fully saturated rings. The molecule has 7 aromatic carbocycles. The largest absolute Gasteiger partial charge is 0.309 e. The zero-order chi connectivity index (χ0) is 33.5. The van der Waals surface area contributed by atoms with Gasteiger partial charge in [-0.2, -0.15) is 0 Å². The highest BCUT2D eigenvalue weighted by molar-refractivity contribution is 6.13. The van der Waals surface area contributed by atoms with Crippen molar-refractivity contribution in [2.24, 2.45) is 0 Å². The van der Waals surface area contributed by atoms with Crippen LogP contribution in [0.5, 0.6) is 0 Å². The number of benzene rings is 7. The summed E-state index contributed by atoms with van der Waals surface area (Å²) >= 11 is 0. The fraction of sp³-hybridized carbons (Fsp3) is 0. The number of hydrogen-bond donors (Lipinski definition) is 0. The molecule has 11 aromatic rings. The summed E-state index contributed by atoms with van der Waals surface area (Å²) < 4.78 is 7.14. The van der Waals surface area contributed by atoms with E-state index in [2.05, 4.69) is 190 Å². The van der Waals surface area contributed by atoms with Crippen LogP contribution in [-0.2, 0) is 0 Å². The molecule has 0 N–H and O–H groups in total. The van der Waals surface area contributed by atoms with Crippen LogP contribution in [0.25, 0.3) is 93.9 Å². The number of hydrogen-bond acceptors (Lipinski definition) is 1. The standard InChI is InChI=1S/C47H30N4/c1-3-13-31(14-4-1)40-25-28-46-47(48-40)39-30-34(24-27-45(39)49(46)32-15-5-2-6-16-32)51-43-22-12-9-19-37(43)38-29-33(23-26-44(38)51)50-41-20-10-7-17-35(41)36-18-8-11-21-42(36)50/h1-30H. The fourth-order valence-electron chi connectivity index (χ4n) is 8.21. The Kier molecular flexibility index (Phi) is 5.92. The Morgan fingerprint density at radius 3 is 1.33 bits per heavy atom. The van der Waals surface area contributed by atoms with Gasteiger partial charge in [0, 0.05) is 49.6 Å². The summed E-state index contributed by atoms with van der Waals surface area (Å²) in [5.41, 5.74) is 13.4. The second-order valence-electron chi connectivity index (χ2n) is 13.2. The lowest BCUT2D eigenvalue weighted by molar-refractivity contribution is 1.16. The lowest BCUT2D eigenvalue weighted by Crippen LogP contribution is -1.96.